The van der Waals surface area contributed by atoms with Crippen molar-refractivity contribution in [2.75, 3.05) is 13.1 Å². The number of nitrogens with zero attached hydrogens (tertiary/aromatic N) is 1. The van der Waals surface area contributed by atoms with E-state index in [2.05, 4.69) is 25.3 Å². The molecule has 2 atom stereocenters. The van der Waals surface area contributed by atoms with Crippen LogP contribution >= 0.6 is 0 Å². The molecule has 1 saturated heterocycles. The Bertz CT molecular complexity index is 487. The summed E-state index contributed by atoms with van der Waals surface area (Å²) in [6.07, 6.45) is 4.98. The molecule has 0 radical (unpaired) electrons. The zero-order valence-electron chi connectivity index (χ0n) is 12.4. The second kappa shape index (κ2) is 7.23. The van der Waals surface area contributed by atoms with E-state index >= 15 is 0 Å². The van der Waals surface area contributed by atoms with Gasteiger partial charge in [-0.1, -0.05) is 42.5 Å². The van der Waals surface area contributed by atoms with E-state index in [-0.39, 0.29) is 23.8 Å². The summed E-state index contributed by atoms with van der Waals surface area (Å²) in [6, 6.07) is 10.2. The zero-order valence-corrected chi connectivity index (χ0v) is 12.4. The highest BCUT2D eigenvalue weighted by molar-refractivity contribution is 5.79. The van der Waals surface area contributed by atoms with Crippen LogP contribution in [0.4, 0.5) is 0 Å². The Morgan fingerprint density at radius 2 is 1.86 bits per heavy atom. The summed E-state index contributed by atoms with van der Waals surface area (Å²) >= 11 is 0. The Labute approximate surface area is 127 Å². The normalized spacial score (nSPS) is 21.5. The molecule has 112 valence electrons. The maximum absolute atomic E-state index is 12.6. The van der Waals surface area contributed by atoms with E-state index in [1.54, 1.807) is 12.2 Å². The fourth-order valence-electron chi connectivity index (χ4n) is 3.02. The molecule has 1 aliphatic rings. The first-order chi connectivity index (χ1) is 10.2. The van der Waals surface area contributed by atoms with E-state index in [0.29, 0.717) is 25.9 Å². The maximum Gasteiger partial charge on any atom is 0.226 e. The number of hydrogen-bond donors (Lipinski definition) is 1. The first-order valence-corrected chi connectivity index (χ1v) is 7.48. The van der Waals surface area contributed by atoms with Gasteiger partial charge in [-0.15, -0.1) is 13.2 Å². The average Bonchev–Trinajstić information content (AvgIpc) is 2.89. The largest absolute Gasteiger partial charge is 0.340 e. The number of carbonyl (C=O) groups is 1. The van der Waals surface area contributed by atoms with Gasteiger partial charge in [0.05, 0.1) is 0 Å². The second-order valence-electron chi connectivity index (χ2n) is 5.67. The highest BCUT2D eigenvalue weighted by atomic mass is 16.2. The van der Waals surface area contributed by atoms with Crippen LogP contribution in [0.25, 0.3) is 0 Å². The molecule has 1 aromatic carbocycles. The summed E-state index contributed by atoms with van der Waals surface area (Å²) in [7, 11) is 0. The molecule has 3 nitrogen and oxygen atoms in total. The summed E-state index contributed by atoms with van der Waals surface area (Å²) in [5, 5.41) is 0. The molecular formula is C18H24N2O. The molecular weight excluding hydrogens is 260 g/mol. The number of likely N-dealkylation sites (tertiary alicyclic amines) is 1. The minimum Gasteiger partial charge on any atom is -0.340 e. The summed E-state index contributed by atoms with van der Waals surface area (Å²) < 4.78 is 0. The first-order valence-electron chi connectivity index (χ1n) is 7.48. The SMILES string of the molecule is C=CCC(CC=C)C(=O)N1C[C@@H](N)[C@H](c2ccccc2)C1. The number of allylic oxidation sites excluding steroid dienone is 2. The third-order valence-electron chi connectivity index (χ3n) is 4.16. The standard InChI is InChI=1S/C18H24N2O/c1-3-8-15(9-4-2)18(21)20-12-16(17(19)13-20)14-10-6-5-7-11-14/h3-7,10-11,15-17H,1-2,8-9,12-13,19H2/t16-,17+/m0/s1. The molecule has 2 rings (SSSR count). The minimum absolute atomic E-state index is 0.00413. The molecule has 1 fully saturated rings. The molecule has 1 amide bonds. The van der Waals surface area contributed by atoms with Crippen molar-refractivity contribution < 1.29 is 4.79 Å². The zero-order chi connectivity index (χ0) is 15.2. The van der Waals surface area contributed by atoms with Gasteiger partial charge in [-0.3, -0.25) is 4.79 Å². The second-order valence-corrected chi connectivity index (χ2v) is 5.67. The van der Waals surface area contributed by atoms with Gasteiger partial charge >= 0.3 is 0 Å². The number of amides is 1. The summed E-state index contributed by atoms with van der Waals surface area (Å²) in [5.41, 5.74) is 7.47. The molecule has 0 bridgehead atoms. The fourth-order valence-corrected chi connectivity index (χ4v) is 3.02. The molecule has 1 heterocycles. The van der Waals surface area contributed by atoms with Gasteiger partial charge in [0.25, 0.3) is 0 Å². The molecule has 0 aromatic heterocycles. The van der Waals surface area contributed by atoms with Gasteiger partial charge in [-0.05, 0) is 18.4 Å². The van der Waals surface area contributed by atoms with E-state index in [0.717, 1.165) is 0 Å². The van der Waals surface area contributed by atoms with Gasteiger partial charge in [0.2, 0.25) is 5.91 Å². The van der Waals surface area contributed by atoms with E-state index in [1.165, 1.54) is 5.56 Å². The van der Waals surface area contributed by atoms with E-state index < -0.39 is 0 Å². The van der Waals surface area contributed by atoms with Gasteiger partial charge in [-0.2, -0.15) is 0 Å². The topological polar surface area (TPSA) is 46.3 Å². The van der Waals surface area contributed by atoms with Crippen LogP contribution in [-0.2, 0) is 4.79 Å². The van der Waals surface area contributed by atoms with Crippen LogP contribution in [0.3, 0.4) is 0 Å². The van der Waals surface area contributed by atoms with Crippen LogP contribution in [-0.4, -0.2) is 29.9 Å². The molecule has 0 spiro atoms. The lowest BCUT2D eigenvalue weighted by molar-refractivity contribution is -0.134. The molecule has 0 saturated carbocycles. The summed E-state index contributed by atoms with van der Waals surface area (Å²) in [4.78, 5) is 14.5. The Balaban J connectivity index is 2.07. The van der Waals surface area contributed by atoms with Gasteiger partial charge in [-0.25, -0.2) is 0 Å². The van der Waals surface area contributed by atoms with E-state index in [4.69, 9.17) is 5.73 Å². The van der Waals surface area contributed by atoms with Crippen molar-refractivity contribution in [3.05, 3.63) is 61.2 Å². The molecule has 1 aliphatic heterocycles. The van der Waals surface area contributed by atoms with Gasteiger partial charge in [0, 0.05) is 31.0 Å². The van der Waals surface area contributed by atoms with E-state index in [9.17, 15) is 4.79 Å². The predicted octanol–water partition coefficient (Wildman–Crippen LogP) is 2.71. The Kier molecular flexibility index (Phi) is 5.34. The Morgan fingerprint density at radius 3 is 2.43 bits per heavy atom. The van der Waals surface area contributed by atoms with Crippen LogP contribution in [0, 0.1) is 5.92 Å². The molecule has 3 heteroatoms. The van der Waals surface area contributed by atoms with Crippen molar-refractivity contribution in [3.63, 3.8) is 0 Å². The molecule has 21 heavy (non-hydrogen) atoms. The third kappa shape index (κ3) is 3.61. The van der Waals surface area contributed by atoms with Crippen LogP contribution in [0.5, 0.6) is 0 Å². The van der Waals surface area contributed by atoms with E-state index in [1.807, 2.05) is 23.1 Å². The quantitative estimate of drug-likeness (QED) is 0.816. The van der Waals surface area contributed by atoms with Gasteiger partial charge in [0.1, 0.15) is 0 Å². The van der Waals surface area contributed by atoms with Gasteiger partial charge in [0.15, 0.2) is 0 Å². The molecule has 2 N–H and O–H groups in total. The number of nitrogens with two attached hydrogens (primary N) is 1. The molecule has 1 aromatic rings. The number of hydrogen-bond acceptors (Lipinski definition) is 2. The number of carbonyl (C=O) groups excluding carboxylic acids is 1. The highest BCUT2D eigenvalue weighted by Gasteiger charge is 2.35. The van der Waals surface area contributed by atoms with Crippen molar-refractivity contribution >= 4 is 5.91 Å². The molecule has 0 unspecified atom stereocenters. The number of rotatable bonds is 6. The third-order valence-corrected chi connectivity index (χ3v) is 4.16. The fraction of sp³-hybridized carbons (Fsp3) is 0.389. The lowest BCUT2D eigenvalue weighted by Crippen LogP contribution is -2.36. The van der Waals surface area contributed by atoms with Crippen LogP contribution in [0.15, 0.2) is 55.6 Å². The van der Waals surface area contributed by atoms with Crippen molar-refractivity contribution in [2.45, 2.75) is 24.8 Å². The van der Waals surface area contributed by atoms with Crippen molar-refractivity contribution in [1.82, 2.24) is 4.90 Å². The average molecular weight is 284 g/mol. The lowest BCUT2D eigenvalue weighted by atomic mass is 9.95. The Hall–Kier alpha value is -1.87. The summed E-state index contributed by atoms with van der Waals surface area (Å²) in [6.45, 7) is 8.81. The highest BCUT2D eigenvalue weighted by Crippen LogP contribution is 2.28. The monoisotopic (exact) mass is 284 g/mol. The minimum atomic E-state index is -0.0540. The Morgan fingerprint density at radius 1 is 1.24 bits per heavy atom. The number of benzene rings is 1. The lowest BCUT2D eigenvalue weighted by Gasteiger charge is -2.22. The van der Waals surface area contributed by atoms with Crippen molar-refractivity contribution in [1.29, 1.82) is 0 Å². The molecule has 0 aliphatic carbocycles. The predicted molar refractivity (Wildman–Crippen MR) is 86.9 cm³/mol. The van der Waals surface area contributed by atoms with Gasteiger partial charge < -0.3 is 10.6 Å². The van der Waals surface area contributed by atoms with Crippen molar-refractivity contribution in [2.24, 2.45) is 11.7 Å². The van der Waals surface area contributed by atoms with Crippen LogP contribution < -0.4 is 5.73 Å². The van der Waals surface area contributed by atoms with Crippen molar-refractivity contribution in [3.8, 4) is 0 Å². The van der Waals surface area contributed by atoms with Crippen LogP contribution in [0.2, 0.25) is 0 Å². The summed E-state index contributed by atoms with van der Waals surface area (Å²) in [5.74, 6) is 0.341. The maximum atomic E-state index is 12.6. The first kappa shape index (κ1) is 15.5. The smallest absolute Gasteiger partial charge is 0.226 e. The van der Waals surface area contributed by atoms with Crippen LogP contribution in [0.1, 0.15) is 24.3 Å².